The van der Waals surface area contributed by atoms with E-state index in [-0.39, 0.29) is 24.2 Å². The molecule has 2 amide bonds. The summed E-state index contributed by atoms with van der Waals surface area (Å²) in [5.74, 6) is -0.298. The molecule has 2 heterocycles. The monoisotopic (exact) mass is 351 g/mol. The van der Waals surface area contributed by atoms with Gasteiger partial charge in [0.15, 0.2) is 0 Å². The second-order valence-corrected chi connectivity index (χ2v) is 6.27. The van der Waals surface area contributed by atoms with Crippen LogP contribution in [0.2, 0.25) is 0 Å². The van der Waals surface area contributed by atoms with E-state index >= 15 is 0 Å². The summed E-state index contributed by atoms with van der Waals surface area (Å²) in [5, 5.41) is 3.43. The number of carbonyl (C=O) groups excluding carboxylic acids is 2. The van der Waals surface area contributed by atoms with Crippen molar-refractivity contribution < 1.29 is 9.59 Å². The first-order chi connectivity index (χ1) is 11.2. The summed E-state index contributed by atoms with van der Waals surface area (Å²) in [6.45, 7) is 6.48. The topological polar surface area (TPSA) is 52.7 Å². The molecule has 1 fully saturated rings. The molecule has 132 valence electrons. The van der Waals surface area contributed by atoms with E-state index in [0.29, 0.717) is 23.7 Å². The number of likely N-dealkylation sites (N-methyl/N-ethyl adjacent to an activating group) is 1. The van der Waals surface area contributed by atoms with Gasteiger partial charge in [-0.15, -0.1) is 12.4 Å². The van der Waals surface area contributed by atoms with E-state index in [1.54, 1.807) is 12.1 Å². The first-order valence-corrected chi connectivity index (χ1v) is 8.62. The van der Waals surface area contributed by atoms with Gasteiger partial charge in [0.2, 0.25) is 0 Å². The Kier molecular flexibility index (Phi) is 6.78. The van der Waals surface area contributed by atoms with E-state index in [1.165, 1.54) is 17.7 Å². The minimum atomic E-state index is -0.149. The van der Waals surface area contributed by atoms with Crippen LogP contribution in [0.5, 0.6) is 0 Å². The van der Waals surface area contributed by atoms with Crippen LogP contribution in [0, 0.1) is 0 Å². The van der Waals surface area contributed by atoms with E-state index < -0.39 is 0 Å². The van der Waals surface area contributed by atoms with Gasteiger partial charge in [0.25, 0.3) is 11.8 Å². The van der Waals surface area contributed by atoms with Crippen molar-refractivity contribution in [1.82, 2.24) is 15.1 Å². The number of nitrogens with one attached hydrogen (secondary N) is 1. The highest BCUT2D eigenvalue weighted by Crippen LogP contribution is 2.22. The third kappa shape index (κ3) is 3.79. The van der Waals surface area contributed by atoms with E-state index in [0.717, 1.165) is 32.6 Å². The van der Waals surface area contributed by atoms with E-state index in [4.69, 9.17) is 0 Å². The SMILES string of the molecule is CCN(CCN1C(=O)c2ccccc2C1=O)C1CCCNCC1.Cl. The van der Waals surface area contributed by atoms with E-state index in [1.807, 2.05) is 12.1 Å². The molecular formula is C18H26ClN3O2. The molecule has 1 aromatic carbocycles. The number of imide groups is 1. The second-order valence-electron chi connectivity index (χ2n) is 6.27. The van der Waals surface area contributed by atoms with Crippen LogP contribution in [0.25, 0.3) is 0 Å². The number of carbonyl (C=O) groups is 2. The number of halogens is 1. The first kappa shape index (κ1) is 18.9. The average Bonchev–Trinajstić information content (AvgIpc) is 2.78. The standard InChI is InChI=1S/C18H25N3O2.ClH/c1-2-20(14-6-5-10-19-11-9-14)12-13-21-17(22)15-7-3-4-8-16(15)18(21)23;/h3-4,7-8,14,19H,2,5-6,9-13H2,1H3;1H. The molecule has 3 rings (SSSR count). The average molecular weight is 352 g/mol. The molecule has 0 radical (unpaired) electrons. The normalized spacial score (nSPS) is 20.8. The second kappa shape index (κ2) is 8.60. The number of hydrogen-bond donors (Lipinski definition) is 1. The van der Waals surface area contributed by atoms with Crippen molar-refractivity contribution in [2.75, 3.05) is 32.7 Å². The van der Waals surface area contributed by atoms with Crippen LogP contribution in [0.15, 0.2) is 24.3 Å². The van der Waals surface area contributed by atoms with Crippen molar-refractivity contribution in [3.63, 3.8) is 0 Å². The van der Waals surface area contributed by atoms with Crippen LogP contribution in [0.3, 0.4) is 0 Å². The number of nitrogens with zero attached hydrogens (tertiary/aromatic N) is 2. The van der Waals surface area contributed by atoms with Gasteiger partial charge in [-0.25, -0.2) is 0 Å². The molecule has 6 heteroatoms. The number of benzene rings is 1. The summed E-state index contributed by atoms with van der Waals surface area (Å²) in [4.78, 5) is 28.7. The van der Waals surface area contributed by atoms with Gasteiger partial charge in [-0.2, -0.15) is 0 Å². The lowest BCUT2D eigenvalue weighted by Crippen LogP contribution is -2.43. The van der Waals surface area contributed by atoms with Gasteiger partial charge < -0.3 is 5.32 Å². The Morgan fingerprint density at radius 1 is 1.12 bits per heavy atom. The molecule has 0 aromatic heterocycles. The Morgan fingerprint density at radius 2 is 1.79 bits per heavy atom. The number of amides is 2. The van der Waals surface area contributed by atoms with Crippen LogP contribution >= 0.6 is 12.4 Å². The maximum Gasteiger partial charge on any atom is 0.261 e. The minimum absolute atomic E-state index is 0. The zero-order valence-electron chi connectivity index (χ0n) is 14.2. The maximum atomic E-state index is 12.4. The molecule has 5 nitrogen and oxygen atoms in total. The fourth-order valence-corrected chi connectivity index (χ4v) is 3.64. The molecular weight excluding hydrogens is 326 g/mol. The molecule has 0 saturated carbocycles. The smallest absolute Gasteiger partial charge is 0.261 e. The predicted octanol–water partition coefficient (Wildman–Crippen LogP) is 2.17. The van der Waals surface area contributed by atoms with Crippen molar-refractivity contribution >= 4 is 24.2 Å². The van der Waals surface area contributed by atoms with E-state index in [2.05, 4.69) is 17.1 Å². The van der Waals surface area contributed by atoms with Crippen molar-refractivity contribution in [3.05, 3.63) is 35.4 Å². The molecule has 0 spiro atoms. The van der Waals surface area contributed by atoms with Crippen molar-refractivity contribution in [2.24, 2.45) is 0 Å². The van der Waals surface area contributed by atoms with Gasteiger partial charge >= 0.3 is 0 Å². The highest BCUT2D eigenvalue weighted by molar-refractivity contribution is 6.21. The summed E-state index contributed by atoms with van der Waals surface area (Å²) < 4.78 is 0. The Bertz CT molecular complexity index is 550. The number of fused-ring (bicyclic) bond motifs is 1. The summed E-state index contributed by atoms with van der Waals surface area (Å²) in [6.07, 6.45) is 3.51. The molecule has 0 bridgehead atoms. The zero-order valence-corrected chi connectivity index (χ0v) is 15.0. The van der Waals surface area contributed by atoms with Crippen LogP contribution < -0.4 is 5.32 Å². The molecule has 1 saturated heterocycles. The molecule has 1 atom stereocenters. The summed E-state index contributed by atoms with van der Waals surface area (Å²) in [5.41, 5.74) is 1.08. The lowest BCUT2D eigenvalue weighted by atomic mass is 10.1. The van der Waals surface area contributed by atoms with E-state index in [9.17, 15) is 9.59 Å². The van der Waals surface area contributed by atoms with Gasteiger partial charge in [0, 0.05) is 19.1 Å². The zero-order chi connectivity index (χ0) is 16.2. The van der Waals surface area contributed by atoms with Gasteiger partial charge in [-0.1, -0.05) is 19.1 Å². The summed E-state index contributed by atoms with van der Waals surface area (Å²) in [6, 6.07) is 7.65. The lowest BCUT2D eigenvalue weighted by Gasteiger charge is -2.31. The van der Waals surface area contributed by atoms with Gasteiger partial charge in [0.1, 0.15) is 0 Å². The summed E-state index contributed by atoms with van der Waals surface area (Å²) >= 11 is 0. The Morgan fingerprint density at radius 3 is 2.42 bits per heavy atom. The molecule has 1 unspecified atom stereocenters. The third-order valence-corrected chi connectivity index (χ3v) is 4.96. The largest absolute Gasteiger partial charge is 0.317 e. The third-order valence-electron chi connectivity index (χ3n) is 4.96. The van der Waals surface area contributed by atoms with Crippen LogP contribution in [0.4, 0.5) is 0 Å². The maximum absolute atomic E-state index is 12.4. The Hall–Kier alpha value is -1.43. The van der Waals surface area contributed by atoms with Gasteiger partial charge in [-0.05, 0) is 51.0 Å². The molecule has 1 N–H and O–H groups in total. The molecule has 2 aliphatic rings. The quantitative estimate of drug-likeness (QED) is 0.826. The molecule has 2 aliphatic heterocycles. The Labute approximate surface area is 149 Å². The molecule has 24 heavy (non-hydrogen) atoms. The number of hydrogen-bond acceptors (Lipinski definition) is 4. The lowest BCUT2D eigenvalue weighted by molar-refractivity contribution is 0.0622. The number of rotatable bonds is 5. The van der Waals surface area contributed by atoms with Crippen molar-refractivity contribution in [2.45, 2.75) is 32.2 Å². The fourth-order valence-electron chi connectivity index (χ4n) is 3.64. The predicted molar refractivity (Wildman–Crippen MR) is 96.8 cm³/mol. The van der Waals surface area contributed by atoms with Crippen molar-refractivity contribution in [3.8, 4) is 0 Å². The highest BCUT2D eigenvalue weighted by Gasteiger charge is 2.35. The molecule has 1 aromatic rings. The first-order valence-electron chi connectivity index (χ1n) is 8.62. The Balaban J connectivity index is 0.00000208. The highest BCUT2D eigenvalue weighted by atomic mass is 35.5. The fraction of sp³-hybridized carbons (Fsp3) is 0.556. The summed E-state index contributed by atoms with van der Waals surface area (Å²) in [7, 11) is 0. The van der Waals surface area contributed by atoms with Gasteiger partial charge in [-0.3, -0.25) is 19.4 Å². The van der Waals surface area contributed by atoms with Gasteiger partial charge in [0.05, 0.1) is 11.1 Å². The van der Waals surface area contributed by atoms with Crippen LogP contribution in [-0.2, 0) is 0 Å². The molecule has 0 aliphatic carbocycles. The van der Waals surface area contributed by atoms with Crippen LogP contribution in [-0.4, -0.2) is 60.4 Å². The minimum Gasteiger partial charge on any atom is -0.317 e. The van der Waals surface area contributed by atoms with Crippen molar-refractivity contribution in [1.29, 1.82) is 0 Å². The van der Waals surface area contributed by atoms with Crippen LogP contribution in [0.1, 0.15) is 46.9 Å².